The van der Waals surface area contributed by atoms with E-state index in [1.54, 1.807) is 0 Å². The standard InChI is InChI=1S/C14H19BrN2O/c1-8(14(2,3)4)5-12-17-11-7-9(15)6-10(16)13(11)18-12/h6-8H,5,16H2,1-4H3. The maximum atomic E-state index is 5.92. The van der Waals surface area contributed by atoms with Crippen molar-refractivity contribution in [2.75, 3.05) is 5.73 Å². The maximum absolute atomic E-state index is 5.92. The molecule has 1 unspecified atom stereocenters. The van der Waals surface area contributed by atoms with E-state index in [-0.39, 0.29) is 5.41 Å². The monoisotopic (exact) mass is 310 g/mol. The first kappa shape index (κ1) is 13.4. The summed E-state index contributed by atoms with van der Waals surface area (Å²) in [4.78, 5) is 4.51. The predicted molar refractivity (Wildman–Crippen MR) is 78.4 cm³/mol. The number of oxazole rings is 1. The first-order valence-corrected chi connectivity index (χ1v) is 6.91. The average Bonchev–Trinajstić information content (AvgIpc) is 2.58. The van der Waals surface area contributed by atoms with Crippen LogP contribution in [0.2, 0.25) is 0 Å². The van der Waals surface area contributed by atoms with Crippen LogP contribution < -0.4 is 5.73 Å². The lowest BCUT2D eigenvalue weighted by Gasteiger charge is -2.25. The molecule has 0 spiro atoms. The van der Waals surface area contributed by atoms with E-state index in [0.29, 0.717) is 17.2 Å². The maximum Gasteiger partial charge on any atom is 0.195 e. The average molecular weight is 311 g/mol. The molecule has 0 saturated heterocycles. The van der Waals surface area contributed by atoms with E-state index in [4.69, 9.17) is 10.2 Å². The van der Waals surface area contributed by atoms with Gasteiger partial charge in [-0.1, -0.05) is 43.6 Å². The van der Waals surface area contributed by atoms with E-state index >= 15 is 0 Å². The highest BCUT2D eigenvalue weighted by molar-refractivity contribution is 9.10. The van der Waals surface area contributed by atoms with Crippen molar-refractivity contribution in [1.29, 1.82) is 0 Å². The summed E-state index contributed by atoms with van der Waals surface area (Å²) < 4.78 is 6.69. The van der Waals surface area contributed by atoms with Crippen molar-refractivity contribution in [2.45, 2.75) is 34.1 Å². The Bertz CT molecular complexity index is 569. The lowest BCUT2D eigenvalue weighted by Crippen LogP contribution is -2.19. The van der Waals surface area contributed by atoms with Gasteiger partial charge < -0.3 is 10.2 Å². The van der Waals surface area contributed by atoms with Gasteiger partial charge in [0.2, 0.25) is 0 Å². The second-order valence-electron chi connectivity index (χ2n) is 5.92. The van der Waals surface area contributed by atoms with E-state index in [0.717, 1.165) is 22.3 Å². The summed E-state index contributed by atoms with van der Waals surface area (Å²) in [5, 5.41) is 0. The third kappa shape index (κ3) is 2.69. The van der Waals surface area contributed by atoms with Gasteiger partial charge in [-0.25, -0.2) is 4.98 Å². The molecular formula is C14H19BrN2O. The van der Waals surface area contributed by atoms with Crippen LogP contribution in [0.1, 0.15) is 33.6 Å². The SMILES string of the molecule is CC(Cc1nc2cc(Br)cc(N)c2o1)C(C)(C)C. The van der Waals surface area contributed by atoms with Gasteiger partial charge in [0.05, 0.1) is 5.69 Å². The Hall–Kier alpha value is -1.03. The first-order valence-electron chi connectivity index (χ1n) is 6.12. The minimum absolute atomic E-state index is 0.243. The van der Waals surface area contributed by atoms with Crippen LogP contribution in [-0.2, 0) is 6.42 Å². The fourth-order valence-corrected chi connectivity index (χ4v) is 2.19. The van der Waals surface area contributed by atoms with Crippen molar-refractivity contribution >= 4 is 32.7 Å². The third-order valence-corrected chi connectivity index (χ3v) is 3.94. The van der Waals surface area contributed by atoms with Crippen LogP contribution in [-0.4, -0.2) is 4.98 Å². The highest BCUT2D eigenvalue weighted by Crippen LogP contribution is 2.31. The van der Waals surface area contributed by atoms with E-state index in [1.165, 1.54) is 0 Å². The lowest BCUT2D eigenvalue weighted by atomic mass is 9.80. The highest BCUT2D eigenvalue weighted by Gasteiger charge is 2.22. The molecule has 0 saturated carbocycles. The Balaban J connectivity index is 2.34. The van der Waals surface area contributed by atoms with E-state index in [2.05, 4.69) is 48.6 Å². The topological polar surface area (TPSA) is 52.0 Å². The Morgan fingerprint density at radius 1 is 1.39 bits per heavy atom. The van der Waals surface area contributed by atoms with Gasteiger partial charge in [0, 0.05) is 10.9 Å². The van der Waals surface area contributed by atoms with Crippen molar-refractivity contribution in [3.63, 3.8) is 0 Å². The van der Waals surface area contributed by atoms with Gasteiger partial charge in [0.1, 0.15) is 5.52 Å². The van der Waals surface area contributed by atoms with Crippen LogP contribution >= 0.6 is 15.9 Å². The first-order chi connectivity index (χ1) is 8.27. The zero-order valence-corrected chi connectivity index (χ0v) is 12.8. The Kier molecular flexibility index (Phi) is 3.41. The molecule has 0 radical (unpaired) electrons. The minimum Gasteiger partial charge on any atom is -0.439 e. The molecule has 18 heavy (non-hydrogen) atoms. The normalized spacial score (nSPS) is 14.1. The molecule has 2 N–H and O–H groups in total. The van der Waals surface area contributed by atoms with Crippen LogP contribution in [0, 0.1) is 11.3 Å². The lowest BCUT2D eigenvalue weighted by molar-refractivity contribution is 0.246. The summed E-state index contributed by atoms with van der Waals surface area (Å²) in [6.07, 6.45) is 0.829. The number of hydrogen-bond donors (Lipinski definition) is 1. The number of halogens is 1. The van der Waals surface area contributed by atoms with Crippen molar-refractivity contribution in [3.05, 3.63) is 22.5 Å². The number of anilines is 1. The molecule has 3 nitrogen and oxygen atoms in total. The quantitative estimate of drug-likeness (QED) is 0.836. The van der Waals surface area contributed by atoms with E-state index < -0.39 is 0 Å². The van der Waals surface area contributed by atoms with Gasteiger partial charge in [-0.2, -0.15) is 0 Å². The summed E-state index contributed by atoms with van der Waals surface area (Å²) in [6.45, 7) is 8.90. The Morgan fingerprint density at radius 3 is 2.67 bits per heavy atom. The molecule has 1 aromatic heterocycles. The molecule has 0 amide bonds. The molecule has 1 heterocycles. The second-order valence-corrected chi connectivity index (χ2v) is 6.84. The van der Waals surface area contributed by atoms with Crippen LogP contribution in [0.25, 0.3) is 11.1 Å². The number of nitrogen functional groups attached to an aromatic ring is 1. The van der Waals surface area contributed by atoms with E-state index in [9.17, 15) is 0 Å². The number of nitrogens with zero attached hydrogens (tertiary/aromatic N) is 1. The van der Waals surface area contributed by atoms with Gasteiger partial charge in [-0.15, -0.1) is 0 Å². The number of rotatable bonds is 2. The minimum atomic E-state index is 0.243. The van der Waals surface area contributed by atoms with Gasteiger partial charge >= 0.3 is 0 Å². The van der Waals surface area contributed by atoms with Crippen LogP contribution in [0.3, 0.4) is 0 Å². The zero-order chi connectivity index (χ0) is 13.5. The molecule has 0 aliphatic rings. The number of benzene rings is 1. The summed E-state index contributed by atoms with van der Waals surface area (Å²) >= 11 is 3.41. The summed E-state index contributed by atoms with van der Waals surface area (Å²) in [6, 6.07) is 3.77. The van der Waals surface area contributed by atoms with Crippen LogP contribution in [0.15, 0.2) is 21.0 Å². The molecule has 0 aliphatic heterocycles. The number of fused-ring (bicyclic) bond motifs is 1. The number of aromatic nitrogens is 1. The smallest absolute Gasteiger partial charge is 0.195 e. The van der Waals surface area contributed by atoms with Crippen LogP contribution in [0.4, 0.5) is 5.69 Å². The van der Waals surface area contributed by atoms with Gasteiger partial charge in [-0.05, 0) is 23.5 Å². The molecule has 0 bridgehead atoms. The van der Waals surface area contributed by atoms with Crippen molar-refractivity contribution in [2.24, 2.45) is 11.3 Å². The van der Waals surface area contributed by atoms with E-state index in [1.807, 2.05) is 12.1 Å². The number of hydrogen-bond acceptors (Lipinski definition) is 3. The zero-order valence-electron chi connectivity index (χ0n) is 11.2. The fraction of sp³-hybridized carbons (Fsp3) is 0.500. The van der Waals surface area contributed by atoms with Crippen molar-refractivity contribution in [1.82, 2.24) is 4.98 Å². The molecule has 2 rings (SSSR count). The predicted octanol–water partition coefficient (Wildman–Crippen LogP) is 4.40. The third-order valence-electron chi connectivity index (χ3n) is 3.49. The molecule has 0 fully saturated rings. The highest BCUT2D eigenvalue weighted by atomic mass is 79.9. The van der Waals surface area contributed by atoms with Gasteiger partial charge in [0.25, 0.3) is 0 Å². The summed E-state index contributed by atoms with van der Waals surface area (Å²) in [5.74, 6) is 1.26. The second kappa shape index (κ2) is 4.57. The molecule has 0 aliphatic carbocycles. The molecule has 98 valence electrons. The molecule has 1 atom stereocenters. The van der Waals surface area contributed by atoms with Crippen LogP contribution in [0.5, 0.6) is 0 Å². The molecule has 4 heteroatoms. The van der Waals surface area contributed by atoms with Crippen molar-refractivity contribution in [3.8, 4) is 0 Å². The van der Waals surface area contributed by atoms with Gasteiger partial charge in [0.15, 0.2) is 11.5 Å². The summed E-state index contributed by atoms with van der Waals surface area (Å²) in [5.41, 5.74) is 8.30. The van der Waals surface area contributed by atoms with Gasteiger partial charge in [-0.3, -0.25) is 0 Å². The van der Waals surface area contributed by atoms with Crippen molar-refractivity contribution < 1.29 is 4.42 Å². The number of nitrogens with two attached hydrogens (primary N) is 1. The molecule has 1 aromatic carbocycles. The summed E-state index contributed by atoms with van der Waals surface area (Å²) in [7, 11) is 0. The molecule has 2 aromatic rings. The Morgan fingerprint density at radius 2 is 2.06 bits per heavy atom. The largest absolute Gasteiger partial charge is 0.439 e. The Labute approximate surface area is 116 Å². The fourth-order valence-electron chi connectivity index (χ4n) is 1.72. The molecular weight excluding hydrogens is 292 g/mol.